The predicted molar refractivity (Wildman–Crippen MR) is 269 cm³/mol. The zero-order chi connectivity index (χ0) is 44.9. The van der Waals surface area contributed by atoms with Gasteiger partial charge in [-0.3, -0.25) is 9.59 Å². The van der Waals surface area contributed by atoms with E-state index in [4.69, 9.17) is 14.2 Å². The van der Waals surface area contributed by atoms with E-state index in [0.717, 1.165) is 135 Å². The smallest absolute Gasteiger partial charge is 0.306 e. The van der Waals surface area contributed by atoms with Crippen LogP contribution in [0.1, 0.15) is 213 Å². The van der Waals surface area contributed by atoms with E-state index in [1.807, 2.05) is 0 Å². The van der Waals surface area contributed by atoms with Crippen molar-refractivity contribution in [3.05, 3.63) is 109 Å². The topological polar surface area (TPSA) is 61.8 Å². The lowest BCUT2D eigenvalue weighted by molar-refractivity contribution is -0.163. The van der Waals surface area contributed by atoms with E-state index in [0.29, 0.717) is 19.4 Å². The Bertz CT molecular complexity index is 1250. The summed E-state index contributed by atoms with van der Waals surface area (Å²) in [7, 11) is 0. The second-order valence-corrected chi connectivity index (χ2v) is 16.3. The Morgan fingerprint density at radius 1 is 0.371 bits per heavy atom. The number of hydrogen-bond donors (Lipinski definition) is 0. The highest BCUT2D eigenvalue weighted by Crippen LogP contribution is 2.13. The van der Waals surface area contributed by atoms with Crippen LogP contribution >= 0.6 is 0 Å². The van der Waals surface area contributed by atoms with Gasteiger partial charge in [0.05, 0.1) is 6.61 Å². The standard InChI is InChI=1S/C57H94O5/c1-4-7-10-13-16-19-21-23-25-27-28-29-31-33-35-37-40-43-46-49-52-60-53-55(62-57(59)51-48-45-42-38-18-15-12-9-6-3)54-61-56(58)50-47-44-41-39-36-34-32-30-26-24-22-20-17-14-11-8-5-2/h7-8,10-11,16-17,19-20,23-26,28-29,32-35,55H,4-6,9,12-15,18,21-22,27,30-31,36-54H2,1-3H3/b10-7-,11-8-,19-16-,20-17-,25-23-,26-24-,29-28-,34-32-,35-33-. The molecule has 0 aromatic rings. The van der Waals surface area contributed by atoms with Crippen LogP contribution in [0.2, 0.25) is 0 Å². The summed E-state index contributed by atoms with van der Waals surface area (Å²) in [5, 5.41) is 0. The maximum atomic E-state index is 12.7. The highest BCUT2D eigenvalue weighted by atomic mass is 16.6. The number of rotatable bonds is 45. The molecule has 0 amide bonds. The van der Waals surface area contributed by atoms with Crippen LogP contribution in [0.3, 0.4) is 0 Å². The third-order valence-electron chi connectivity index (χ3n) is 10.3. The Labute approximate surface area is 383 Å². The van der Waals surface area contributed by atoms with Crippen LogP contribution in [-0.4, -0.2) is 37.9 Å². The maximum Gasteiger partial charge on any atom is 0.306 e. The lowest BCUT2D eigenvalue weighted by Crippen LogP contribution is -2.30. The molecule has 1 unspecified atom stereocenters. The molecule has 0 heterocycles. The van der Waals surface area contributed by atoms with Crippen LogP contribution in [0.25, 0.3) is 0 Å². The van der Waals surface area contributed by atoms with Crippen molar-refractivity contribution in [1.29, 1.82) is 0 Å². The summed E-state index contributed by atoms with van der Waals surface area (Å²) in [5.41, 5.74) is 0. The number of carbonyl (C=O) groups excluding carboxylic acids is 2. The van der Waals surface area contributed by atoms with Crippen LogP contribution in [0, 0.1) is 0 Å². The first-order valence-corrected chi connectivity index (χ1v) is 25.4. The van der Waals surface area contributed by atoms with Crippen molar-refractivity contribution >= 4 is 11.9 Å². The lowest BCUT2D eigenvalue weighted by atomic mass is 10.1. The fraction of sp³-hybridized carbons (Fsp3) is 0.649. The van der Waals surface area contributed by atoms with Gasteiger partial charge in [0.15, 0.2) is 6.10 Å². The van der Waals surface area contributed by atoms with E-state index in [2.05, 4.69) is 130 Å². The number of ether oxygens (including phenoxy) is 3. The molecule has 0 spiro atoms. The summed E-state index contributed by atoms with van der Waals surface area (Å²) in [6.07, 6.45) is 71.0. The molecule has 62 heavy (non-hydrogen) atoms. The van der Waals surface area contributed by atoms with Crippen molar-refractivity contribution in [3.8, 4) is 0 Å². The molecule has 0 saturated carbocycles. The van der Waals surface area contributed by atoms with Crippen LogP contribution in [0.5, 0.6) is 0 Å². The van der Waals surface area contributed by atoms with Crippen LogP contribution < -0.4 is 0 Å². The van der Waals surface area contributed by atoms with Crippen molar-refractivity contribution in [1.82, 2.24) is 0 Å². The van der Waals surface area contributed by atoms with Gasteiger partial charge in [-0.05, 0) is 103 Å². The molecule has 0 aromatic heterocycles. The molecule has 0 aromatic carbocycles. The molecule has 352 valence electrons. The first kappa shape index (κ1) is 58.6. The highest BCUT2D eigenvalue weighted by Gasteiger charge is 2.17. The normalized spacial score (nSPS) is 13.1. The average Bonchev–Trinajstić information content (AvgIpc) is 3.27. The van der Waals surface area contributed by atoms with Crippen LogP contribution in [0.4, 0.5) is 0 Å². The molecule has 1 atom stereocenters. The molecule has 5 nitrogen and oxygen atoms in total. The second kappa shape index (κ2) is 51.9. The average molecular weight is 859 g/mol. The SMILES string of the molecule is CC/C=C\C/C=C\C/C=C\C/C=C\C/C=C\CCCCCCOCC(COC(=O)CCCCCC/C=C\C/C=C\C/C=C\C/C=C\CC)OC(=O)CCCCCCCCCCC. The van der Waals surface area contributed by atoms with Gasteiger partial charge in [0.25, 0.3) is 0 Å². The van der Waals surface area contributed by atoms with Gasteiger partial charge in [-0.1, -0.05) is 207 Å². The fourth-order valence-electron chi connectivity index (χ4n) is 6.58. The summed E-state index contributed by atoms with van der Waals surface area (Å²) >= 11 is 0. The molecule has 0 bridgehead atoms. The fourth-order valence-corrected chi connectivity index (χ4v) is 6.58. The van der Waals surface area contributed by atoms with Gasteiger partial charge < -0.3 is 14.2 Å². The molecule has 0 saturated heterocycles. The largest absolute Gasteiger partial charge is 0.462 e. The zero-order valence-electron chi connectivity index (χ0n) is 40.3. The minimum absolute atomic E-state index is 0.0570. The Morgan fingerprint density at radius 2 is 0.726 bits per heavy atom. The van der Waals surface area contributed by atoms with Gasteiger partial charge in [0, 0.05) is 19.4 Å². The second-order valence-electron chi connectivity index (χ2n) is 16.3. The molecule has 5 heteroatoms. The van der Waals surface area contributed by atoms with E-state index in [-0.39, 0.29) is 25.2 Å². The summed E-state index contributed by atoms with van der Waals surface area (Å²) in [5.74, 6) is -0.447. The minimum Gasteiger partial charge on any atom is -0.462 e. The van der Waals surface area contributed by atoms with Gasteiger partial charge in [-0.2, -0.15) is 0 Å². The van der Waals surface area contributed by atoms with Gasteiger partial charge >= 0.3 is 11.9 Å². The summed E-state index contributed by atoms with van der Waals surface area (Å²) in [4.78, 5) is 25.3. The minimum atomic E-state index is -0.564. The Morgan fingerprint density at radius 3 is 1.16 bits per heavy atom. The molecule has 0 aliphatic rings. The number of hydrogen-bond acceptors (Lipinski definition) is 5. The third-order valence-corrected chi connectivity index (χ3v) is 10.3. The van der Waals surface area contributed by atoms with Crippen LogP contribution in [0.15, 0.2) is 109 Å². The van der Waals surface area contributed by atoms with E-state index >= 15 is 0 Å². The molecule has 0 N–H and O–H groups in total. The molecular formula is C57H94O5. The zero-order valence-corrected chi connectivity index (χ0v) is 40.3. The third kappa shape index (κ3) is 49.2. The Balaban J connectivity index is 4.31. The van der Waals surface area contributed by atoms with E-state index in [1.165, 1.54) is 44.9 Å². The molecule has 0 aliphatic carbocycles. The lowest BCUT2D eigenvalue weighted by Gasteiger charge is -2.18. The molecule has 0 radical (unpaired) electrons. The summed E-state index contributed by atoms with van der Waals surface area (Å²) in [6.45, 7) is 7.49. The Hall–Kier alpha value is -3.44. The van der Waals surface area contributed by atoms with Crippen molar-refractivity contribution in [3.63, 3.8) is 0 Å². The van der Waals surface area contributed by atoms with Crippen molar-refractivity contribution in [2.45, 2.75) is 219 Å². The van der Waals surface area contributed by atoms with Gasteiger partial charge in [-0.15, -0.1) is 0 Å². The number of unbranched alkanes of at least 4 members (excludes halogenated alkanes) is 16. The van der Waals surface area contributed by atoms with Crippen molar-refractivity contribution < 1.29 is 23.8 Å². The number of esters is 2. The molecular weight excluding hydrogens is 765 g/mol. The molecule has 0 rings (SSSR count). The maximum absolute atomic E-state index is 12.7. The van der Waals surface area contributed by atoms with Gasteiger partial charge in [-0.25, -0.2) is 0 Å². The van der Waals surface area contributed by atoms with Crippen molar-refractivity contribution in [2.24, 2.45) is 0 Å². The molecule has 0 aliphatic heterocycles. The van der Waals surface area contributed by atoms with Gasteiger partial charge in [0.2, 0.25) is 0 Å². The summed E-state index contributed by atoms with van der Waals surface area (Å²) < 4.78 is 17.3. The van der Waals surface area contributed by atoms with Crippen LogP contribution in [-0.2, 0) is 23.8 Å². The van der Waals surface area contributed by atoms with Gasteiger partial charge in [0.1, 0.15) is 6.61 Å². The number of allylic oxidation sites excluding steroid dienone is 18. The predicted octanol–water partition coefficient (Wildman–Crippen LogP) is 17.2. The molecule has 0 fully saturated rings. The van der Waals surface area contributed by atoms with E-state index in [9.17, 15) is 9.59 Å². The highest BCUT2D eigenvalue weighted by molar-refractivity contribution is 5.70. The quantitative estimate of drug-likeness (QED) is 0.0347. The Kier molecular flexibility index (Phi) is 49.0. The number of carbonyl (C=O) groups is 2. The first-order chi connectivity index (χ1) is 30.6. The van der Waals surface area contributed by atoms with E-state index in [1.54, 1.807) is 0 Å². The van der Waals surface area contributed by atoms with E-state index < -0.39 is 6.10 Å². The monoisotopic (exact) mass is 859 g/mol. The first-order valence-electron chi connectivity index (χ1n) is 25.4. The summed E-state index contributed by atoms with van der Waals surface area (Å²) in [6, 6.07) is 0. The van der Waals surface area contributed by atoms with Crippen molar-refractivity contribution in [2.75, 3.05) is 19.8 Å².